The van der Waals surface area contributed by atoms with Crippen LogP contribution in [0.1, 0.15) is 42.6 Å². The minimum Gasteiger partial charge on any atom is -0.480 e. The molecule has 0 bridgehead atoms. The molecule has 3 amide bonds. The summed E-state index contributed by atoms with van der Waals surface area (Å²) in [4.78, 5) is 46.2. The normalized spacial score (nSPS) is 18.1. The highest BCUT2D eigenvalue weighted by molar-refractivity contribution is 6.03. The van der Waals surface area contributed by atoms with Gasteiger partial charge in [-0.1, -0.05) is 26.0 Å². The van der Waals surface area contributed by atoms with Gasteiger partial charge in [0.1, 0.15) is 6.04 Å². The van der Waals surface area contributed by atoms with Crippen molar-refractivity contribution < 1.29 is 24.3 Å². The van der Waals surface area contributed by atoms with Crippen molar-refractivity contribution in [3.05, 3.63) is 35.4 Å². The molecule has 1 aromatic rings. The Morgan fingerprint density at radius 2 is 1.88 bits per heavy atom. The molecule has 0 aromatic heterocycles. The number of carboxylic acids is 1. The Morgan fingerprint density at radius 1 is 1.24 bits per heavy atom. The van der Waals surface area contributed by atoms with Crippen molar-refractivity contribution in [3.63, 3.8) is 0 Å². The predicted octanol–water partition coefficient (Wildman–Crippen LogP) is 1.12. The number of imide groups is 1. The molecule has 1 saturated heterocycles. The minimum absolute atomic E-state index is 0.143. The quantitative estimate of drug-likeness (QED) is 0.641. The summed E-state index contributed by atoms with van der Waals surface area (Å²) in [5.41, 5.74) is 1.19. The average Bonchev–Trinajstić information content (AvgIpc) is 2.84. The van der Waals surface area contributed by atoms with Crippen molar-refractivity contribution in [3.8, 4) is 0 Å². The topological polar surface area (TPSA) is 113 Å². The summed E-state index contributed by atoms with van der Waals surface area (Å²) in [6.07, 6.45) is 0.950. The molecule has 1 heterocycles. The van der Waals surface area contributed by atoms with Crippen LogP contribution in [-0.4, -0.2) is 34.8 Å². The lowest BCUT2D eigenvalue weighted by molar-refractivity contribution is -0.139. The number of carboxylic acid groups (broad SMARTS) is 1. The van der Waals surface area contributed by atoms with E-state index in [9.17, 15) is 24.3 Å². The molecule has 7 nitrogen and oxygen atoms in total. The highest BCUT2D eigenvalue weighted by atomic mass is 16.4. The van der Waals surface area contributed by atoms with Gasteiger partial charge in [0, 0.05) is 12.0 Å². The molecular weight excluding hydrogens is 324 g/mol. The zero-order valence-electron chi connectivity index (χ0n) is 14.2. The zero-order chi connectivity index (χ0) is 18.6. The smallest absolute Gasteiger partial charge is 0.326 e. The van der Waals surface area contributed by atoms with Gasteiger partial charge in [-0.2, -0.15) is 0 Å². The van der Waals surface area contributed by atoms with Crippen LogP contribution in [0.4, 0.5) is 0 Å². The van der Waals surface area contributed by atoms with E-state index in [4.69, 9.17) is 0 Å². The van der Waals surface area contributed by atoms with Gasteiger partial charge in [-0.3, -0.25) is 19.7 Å². The average molecular weight is 346 g/mol. The maximum atomic E-state index is 12.2. The molecule has 2 rings (SSSR count). The standard InChI is InChI=1S/C18H22N2O5/c1-10(2)7-14(18(24)25)19-16(22)12-5-3-11(4-6-12)8-13-9-15(21)20-17(13)23/h3-6,10,13-14H,7-9H2,1-2H3,(H,19,22)(H,24,25)(H,20,21,23). The van der Waals surface area contributed by atoms with Gasteiger partial charge in [-0.25, -0.2) is 4.79 Å². The number of carbonyl (C=O) groups excluding carboxylic acids is 3. The first-order chi connectivity index (χ1) is 11.8. The zero-order valence-corrected chi connectivity index (χ0v) is 14.2. The molecule has 1 fully saturated rings. The molecule has 3 N–H and O–H groups in total. The molecule has 134 valence electrons. The first-order valence-electron chi connectivity index (χ1n) is 8.22. The van der Waals surface area contributed by atoms with Gasteiger partial charge in [0.05, 0.1) is 5.92 Å². The Bertz CT molecular complexity index is 681. The van der Waals surface area contributed by atoms with E-state index in [0.717, 1.165) is 5.56 Å². The molecule has 7 heteroatoms. The van der Waals surface area contributed by atoms with E-state index in [0.29, 0.717) is 18.4 Å². The Hall–Kier alpha value is -2.70. The van der Waals surface area contributed by atoms with Crippen LogP contribution in [0, 0.1) is 11.8 Å². The summed E-state index contributed by atoms with van der Waals surface area (Å²) in [7, 11) is 0. The van der Waals surface area contributed by atoms with E-state index < -0.39 is 17.9 Å². The van der Waals surface area contributed by atoms with Crippen LogP contribution in [0.25, 0.3) is 0 Å². The number of aliphatic carboxylic acids is 1. The lowest BCUT2D eigenvalue weighted by Crippen LogP contribution is -2.41. The largest absolute Gasteiger partial charge is 0.480 e. The van der Waals surface area contributed by atoms with Crippen molar-refractivity contribution in [2.45, 2.75) is 39.2 Å². The minimum atomic E-state index is -1.06. The second-order valence-electron chi connectivity index (χ2n) is 6.71. The van der Waals surface area contributed by atoms with Crippen LogP contribution in [0.2, 0.25) is 0 Å². The SMILES string of the molecule is CC(C)CC(NC(=O)c1ccc(CC2CC(=O)NC2=O)cc1)C(=O)O. The summed E-state index contributed by atoms with van der Waals surface area (Å²) in [5, 5.41) is 14.0. The van der Waals surface area contributed by atoms with Gasteiger partial charge in [0.25, 0.3) is 5.91 Å². The fourth-order valence-corrected chi connectivity index (χ4v) is 2.78. The van der Waals surface area contributed by atoms with Gasteiger partial charge in [0.2, 0.25) is 11.8 Å². The van der Waals surface area contributed by atoms with E-state index in [1.54, 1.807) is 24.3 Å². The maximum absolute atomic E-state index is 12.2. The van der Waals surface area contributed by atoms with Gasteiger partial charge < -0.3 is 10.4 Å². The number of nitrogens with one attached hydrogen (secondary N) is 2. The van der Waals surface area contributed by atoms with Crippen molar-refractivity contribution in [2.75, 3.05) is 0 Å². The molecule has 1 aromatic carbocycles. The summed E-state index contributed by atoms with van der Waals surface area (Å²) >= 11 is 0. The summed E-state index contributed by atoms with van der Waals surface area (Å²) in [6.45, 7) is 3.78. The number of rotatable bonds is 7. The Balaban J connectivity index is 1.98. The molecule has 0 radical (unpaired) electrons. The summed E-state index contributed by atoms with van der Waals surface area (Å²) < 4.78 is 0. The molecule has 1 aliphatic heterocycles. The van der Waals surface area contributed by atoms with E-state index in [1.807, 2.05) is 13.8 Å². The monoisotopic (exact) mass is 346 g/mol. The fourth-order valence-electron chi connectivity index (χ4n) is 2.78. The van der Waals surface area contributed by atoms with Crippen LogP contribution >= 0.6 is 0 Å². The van der Waals surface area contributed by atoms with Crippen molar-refractivity contribution in [1.82, 2.24) is 10.6 Å². The van der Waals surface area contributed by atoms with Crippen LogP contribution in [0.15, 0.2) is 24.3 Å². The number of hydrogen-bond acceptors (Lipinski definition) is 4. The highest BCUT2D eigenvalue weighted by Gasteiger charge is 2.30. The third kappa shape index (κ3) is 5.14. The molecule has 0 spiro atoms. The Kier molecular flexibility index (Phi) is 5.90. The van der Waals surface area contributed by atoms with Crippen LogP contribution in [0.3, 0.4) is 0 Å². The molecular formula is C18H22N2O5. The van der Waals surface area contributed by atoms with Gasteiger partial charge in [-0.05, 0) is 36.5 Å². The first-order valence-corrected chi connectivity index (χ1v) is 8.22. The molecule has 25 heavy (non-hydrogen) atoms. The second-order valence-corrected chi connectivity index (χ2v) is 6.71. The van der Waals surface area contributed by atoms with Gasteiger partial charge >= 0.3 is 5.97 Å². The lowest BCUT2D eigenvalue weighted by atomic mass is 9.97. The van der Waals surface area contributed by atoms with Gasteiger partial charge in [-0.15, -0.1) is 0 Å². The Morgan fingerprint density at radius 3 is 2.36 bits per heavy atom. The van der Waals surface area contributed by atoms with Crippen molar-refractivity contribution in [1.29, 1.82) is 0 Å². The van der Waals surface area contributed by atoms with E-state index in [-0.39, 0.29) is 30.1 Å². The lowest BCUT2D eigenvalue weighted by Gasteiger charge is -2.16. The molecule has 0 saturated carbocycles. The van der Waals surface area contributed by atoms with Crippen molar-refractivity contribution in [2.24, 2.45) is 11.8 Å². The van der Waals surface area contributed by atoms with E-state index in [2.05, 4.69) is 10.6 Å². The van der Waals surface area contributed by atoms with Crippen LogP contribution in [0.5, 0.6) is 0 Å². The highest BCUT2D eigenvalue weighted by Crippen LogP contribution is 2.18. The third-order valence-corrected chi connectivity index (χ3v) is 4.07. The summed E-state index contributed by atoms with van der Waals surface area (Å²) in [5.74, 6) is -2.29. The third-order valence-electron chi connectivity index (χ3n) is 4.07. The number of benzene rings is 1. The van der Waals surface area contributed by atoms with E-state index >= 15 is 0 Å². The molecule has 2 unspecified atom stereocenters. The number of hydrogen-bond donors (Lipinski definition) is 3. The predicted molar refractivity (Wildman–Crippen MR) is 89.7 cm³/mol. The number of amides is 3. The van der Waals surface area contributed by atoms with Crippen molar-refractivity contribution >= 4 is 23.7 Å². The van der Waals surface area contributed by atoms with E-state index in [1.165, 1.54) is 0 Å². The Labute approximate surface area is 145 Å². The molecule has 2 atom stereocenters. The summed E-state index contributed by atoms with van der Waals surface area (Å²) in [6, 6.07) is 5.67. The van der Waals surface area contributed by atoms with Gasteiger partial charge in [0.15, 0.2) is 0 Å². The fraction of sp³-hybridized carbons (Fsp3) is 0.444. The number of carbonyl (C=O) groups is 4. The molecule has 0 aliphatic carbocycles. The first kappa shape index (κ1) is 18.6. The van der Waals surface area contributed by atoms with Crippen LogP contribution in [-0.2, 0) is 20.8 Å². The van der Waals surface area contributed by atoms with Crippen LogP contribution < -0.4 is 10.6 Å². The second kappa shape index (κ2) is 7.92. The maximum Gasteiger partial charge on any atom is 0.326 e. The molecule has 1 aliphatic rings.